The Bertz CT molecular complexity index is 534. The van der Waals surface area contributed by atoms with Gasteiger partial charge >= 0.3 is 6.03 Å². The Labute approximate surface area is 132 Å². The monoisotopic (exact) mass is 358 g/mol. The fourth-order valence-electron chi connectivity index (χ4n) is 1.73. The van der Waals surface area contributed by atoms with E-state index in [1.54, 1.807) is 13.0 Å². The van der Waals surface area contributed by atoms with Gasteiger partial charge in [-0.2, -0.15) is 0 Å². The van der Waals surface area contributed by atoms with Crippen molar-refractivity contribution >= 4 is 27.9 Å². The SMILES string of the molecule is CCNC(=O)NC(=O)C(C)Oc1c(C)cc(Br)cc1CO. The van der Waals surface area contributed by atoms with Crippen molar-refractivity contribution in [2.45, 2.75) is 33.5 Å². The zero-order chi connectivity index (χ0) is 16.0. The number of ether oxygens (including phenoxy) is 1. The number of imide groups is 1. The van der Waals surface area contributed by atoms with E-state index in [1.807, 2.05) is 13.0 Å². The van der Waals surface area contributed by atoms with Crippen molar-refractivity contribution in [2.24, 2.45) is 0 Å². The average Bonchev–Trinajstić information content (AvgIpc) is 2.41. The Morgan fingerprint density at radius 2 is 2.10 bits per heavy atom. The molecule has 3 amide bonds. The minimum atomic E-state index is -0.863. The summed E-state index contributed by atoms with van der Waals surface area (Å²) in [4.78, 5) is 23.1. The second kappa shape index (κ2) is 7.99. The van der Waals surface area contributed by atoms with E-state index in [2.05, 4.69) is 26.6 Å². The number of aryl methyl sites for hydroxylation is 1. The second-order valence-electron chi connectivity index (χ2n) is 4.48. The van der Waals surface area contributed by atoms with Crippen molar-refractivity contribution in [3.63, 3.8) is 0 Å². The van der Waals surface area contributed by atoms with Crippen LogP contribution < -0.4 is 15.4 Å². The summed E-state index contributed by atoms with van der Waals surface area (Å²) in [6.45, 7) is 5.32. The maximum atomic E-state index is 11.8. The summed E-state index contributed by atoms with van der Waals surface area (Å²) in [5.41, 5.74) is 1.35. The zero-order valence-corrected chi connectivity index (χ0v) is 13.8. The first kappa shape index (κ1) is 17.5. The molecule has 1 atom stereocenters. The third-order valence-electron chi connectivity index (χ3n) is 2.72. The number of carbonyl (C=O) groups is 2. The van der Waals surface area contributed by atoms with E-state index in [0.717, 1.165) is 10.0 Å². The van der Waals surface area contributed by atoms with Crippen molar-refractivity contribution in [1.82, 2.24) is 10.6 Å². The van der Waals surface area contributed by atoms with Crippen LogP contribution in [0.1, 0.15) is 25.0 Å². The number of hydrogen-bond donors (Lipinski definition) is 3. The molecule has 0 aliphatic carbocycles. The summed E-state index contributed by atoms with van der Waals surface area (Å²) in [7, 11) is 0. The van der Waals surface area contributed by atoms with Gasteiger partial charge in [-0.15, -0.1) is 0 Å². The largest absolute Gasteiger partial charge is 0.480 e. The number of hydrogen-bond acceptors (Lipinski definition) is 4. The topological polar surface area (TPSA) is 87.7 Å². The lowest BCUT2D eigenvalue weighted by Crippen LogP contribution is -2.45. The van der Waals surface area contributed by atoms with E-state index in [4.69, 9.17) is 4.74 Å². The van der Waals surface area contributed by atoms with Crippen LogP contribution in [0.4, 0.5) is 4.79 Å². The molecule has 1 rings (SSSR count). The molecule has 1 aromatic rings. The normalized spacial score (nSPS) is 11.7. The Morgan fingerprint density at radius 1 is 1.43 bits per heavy atom. The number of rotatable bonds is 5. The molecule has 0 aliphatic rings. The second-order valence-corrected chi connectivity index (χ2v) is 5.39. The smallest absolute Gasteiger partial charge is 0.321 e. The van der Waals surface area contributed by atoms with Crippen molar-refractivity contribution in [3.8, 4) is 5.75 Å². The van der Waals surface area contributed by atoms with Crippen molar-refractivity contribution in [3.05, 3.63) is 27.7 Å². The van der Waals surface area contributed by atoms with Gasteiger partial charge in [-0.05, 0) is 38.5 Å². The Kier molecular flexibility index (Phi) is 6.64. The molecule has 7 heteroatoms. The molecule has 0 radical (unpaired) electrons. The fraction of sp³-hybridized carbons (Fsp3) is 0.429. The van der Waals surface area contributed by atoms with Gasteiger partial charge in [0.2, 0.25) is 0 Å². The molecule has 3 N–H and O–H groups in total. The molecule has 1 unspecified atom stereocenters. The molecule has 1 aromatic carbocycles. The van der Waals surface area contributed by atoms with Crippen LogP contribution in [-0.2, 0) is 11.4 Å². The van der Waals surface area contributed by atoms with Crippen LogP contribution in [0.2, 0.25) is 0 Å². The first-order valence-electron chi connectivity index (χ1n) is 6.54. The molecule has 0 aliphatic heterocycles. The summed E-state index contributed by atoms with van der Waals surface area (Å²) < 4.78 is 6.41. The van der Waals surface area contributed by atoms with Gasteiger partial charge in [0, 0.05) is 16.6 Å². The average molecular weight is 359 g/mol. The molecular formula is C14H19BrN2O4. The van der Waals surface area contributed by atoms with Gasteiger partial charge in [0.1, 0.15) is 5.75 Å². The highest BCUT2D eigenvalue weighted by atomic mass is 79.9. The first-order chi connectivity index (χ1) is 9.88. The highest BCUT2D eigenvalue weighted by Crippen LogP contribution is 2.29. The Balaban J connectivity index is 2.81. The molecule has 0 spiro atoms. The highest BCUT2D eigenvalue weighted by molar-refractivity contribution is 9.10. The van der Waals surface area contributed by atoms with Gasteiger partial charge in [0.25, 0.3) is 5.91 Å². The Morgan fingerprint density at radius 3 is 2.67 bits per heavy atom. The molecule has 21 heavy (non-hydrogen) atoms. The number of halogens is 1. The summed E-state index contributed by atoms with van der Waals surface area (Å²) in [6.07, 6.45) is -0.863. The number of nitrogens with one attached hydrogen (secondary N) is 2. The molecule has 6 nitrogen and oxygen atoms in total. The maximum Gasteiger partial charge on any atom is 0.321 e. The van der Waals surface area contributed by atoms with Crippen LogP contribution in [0.15, 0.2) is 16.6 Å². The van der Waals surface area contributed by atoms with Crippen LogP contribution in [0.5, 0.6) is 5.75 Å². The van der Waals surface area contributed by atoms with Crippen LogP contribution in [0.3, 0.4) is 0 Å². The predicted octanol–water partition coefficient (Wildman–Crippen LogP) is 1.86. The molecule has 0 fully saturated rings. The van der Waals surface area contributed by atoms with E-state index in [-0.39, 0.29) is 6.61 Å². The Hall–Kier alpha value is -1.60. The molecule has 0 bridgehead atoms. The van der Waals surface area contributed by atoms with Crippen molar-refractivity contribution in [2.75, 3.05) is 6.54 Å². The van der Waals surface area contributed by atoms with Gasteiger partial charge in [-0.25, -0.2) is 4.79 Å². The highest BCUT2D eigenvalue weighted by Gasteiger charge is 2.19. The van der Waals surface area contributed by atoms with Gasteiger partial charge in [0.15, 0.2) is 6.10 Å². The van der Waals surface area contributed by atoms with Gasteiger partial charge < -0.3 is 15.2 Å². The minimum Gasteiger partial charge on any atom is -0.480 e. The van der Waals surface area contributed by atoms with Crippen molar-refractivity contribution in [1.29, 1.82) is 0 Å². The van der Waals surface area contributed by atoms with Crippen LogP contribution in [0.25, 0.3) is 0 Å². The van der Waals surface area contributed by atoms with E-state index >= 15 is 0 Å². The standard InChI is InChI=1S/C14H19BrN2O4/c1-4-16-14(20)17-13(19)9(3)21-12-8(2)5-11(15)6-10(12)7-18/h5-6,9,18H,4,7H2,1-3H3,(H2,16,17,19,20). The predicted molar refractivity (Wildman–Crippen MR) is 82.1 cm³/mol. The lowest BCUT2D eigenvalue weighted by Gasteiger charge is -2.18. The fourth-order valence-corrected chi connectivity index (χ4v) is 2.35. The van der Waals surface area contributed by atoms with Gasteiger partial charge in [-0.1, -0.05) is 15.9 Å². The molecule has 0 saturated carbocycles. The van der Waals surface area contributed by atoms with Crippen LogP contribution in [0, 0.1) is 6.92 Å². The molecular weight excluding hydrogens is 340 g/mol. The van der Waals surface area contributed by atoms with Gasteiger partial charge in [-0.3, -0.25) is 10.1 Å². The van der Waals surface area contributed by atoms with E-state index in [9.17, 15) is 14.7 Å². The summed E-state index contributed by atoms with van der Waals surface area (Å²) >= 11 is 3.33. The number of amides is 3. The molecule has 0 aromatic heterocycles. The minimum absolute atomic E-state index is 0.208. The van der Waals surface area contributed by atoms with Crippen molar-refractivity contribution < 1.29 is 19.4 Å². The van der Waals surface area contributed by atoms with E-state index in [1.165, 1.54) is 6.92 Å². The number of benzene rings is 1. The molecule has 0 heterocycles. The summed E-state index contributed by atoms with van der Waals surface area (Å²) in [5.74, 6) is -0.105. The summed E-state index contributed by atoms with van der Waals surface area (Å²) in [6, 6.07) is 2.98. The molecule has 0 saturated heterocycles. The van der Waals surface area contributed by atoms with Gasteiger partial charge in [0.05, 0.1) is 6.61 Å². The number of carbonyl (C=O) groups excluding carboxylic acids is 2. The third-order valence-corrected chi connectivity index (χ3v) is 3.18. The van der Waals surface area contributed by atoms with Crippen LogP contribution >= 0.6 is 15.9 Å². The lowest BCUT2D eigenvalue weighted by atomic mass is 10.1. The maximum absolute atomic E-state index is 11.8. The lowest BCUT2D eigenvalue weighted by molar-refractivity contribution is -0.126. The number of aliphatic hydroxyl groups is 1. The zero-order valence-electron chi connectivity index (χ0n) is 12.2. The molecule has 116 valence electrons. The number of aliphatic hydroxyl groups excluding tert-OH is 1. The quantitative estimate of drug-likeness (QED) is 0.749. The summed E-state index contributed by atoms with van der Waals surface area (Å²) in [5, 5.41) is 14.0. The van der Waals surface area contributed by atoms with E-state index < -0.39 is 18.0 Å². The van der Waals surface area contributed by atoms with Crippen LogP contribution in [-0.4, -0.2) is 29.7 Å². The van der Waals surface area contributed by atoms with E-state index in [0.29, 0.717) is 17.9 Å². The first-order valence-corrected chi connectivity index (χ1v) is 7.33. The number of urea groups is 1. The third kappa shape index (κ3) is 5.02.